The van der Waals surface area contributed by atoms with Crippen LogP contribution >= 0.6 is 0 Å². The van der Waals surface area contributed by atoms with Gasteiger partial charge in [0.25, 0.3) is 5.56 Å². The van der Waals surface area contributed by atoms with Gasteiger partial charge < -0.3 is 19.9 Å². The van der Waals surface area contributed by atoms with Crippen molar-refractivity contribution in [2.45, 2.75) is 13.1 Å². The number of hydrogen-bond donors (Lipinski definition) is 1. The summed E-state index contributed by atoms with van der Waals surface area (Å²) in [7, 11) is 3.69. The normalized spacial score (nSPS) is 10.8. The van der Waals surface area contributed by atoms with E-state index in [2.05, 4.69) is 4.90 Å². The van der Waals surface area contributed by atoms with Crippen LogP contribution in [0.15, 0.2) is 47.4 Å². The van der Waals surface area contributed by atoms with Gasteiger partial charge in [-0.25, -0.2) is 0 Å². The zero-order chi connectivity index (χ0) is 15.2. The molecule has 2 aromatic rings. The standard InChI is InChI=1S/C16H21N3O2/c1-18(11-13-3-6-15(21-2)7-4-13)9-10-19-12-14(17)5-8-16(19)20/h3-8,12H,9-11,17H2,1-2H3. The van der Waals surface area contributed by atoms with Gasteiger partial charge in [-0.15, -0.1) is 0 Å². The maximum Gasteiger partial charge on any atom is 0.250 e. The van der Waals surface area contributed by atoms with E-state index in [9.17, 15) is 4.79 Å². The Morgan fingerprint density at radius 3 is 2.57 bits per heavy atom. The topological polar surface area (TPSA) is 60.5 Å². The Balaban J connectivity index is 1.90. The summed E-state index contributed by atoms with van der Waals surface area (Å²) in [5.74, 6) is 0.854. The van der Waals surface area contributed by atoms with Crippen molar-refractivity contribution in [1.29, 1.82) is 0 Å². The quantitative estimate of drug-likeness (QED) is 0.876. The van der Waals surface area contributed by atoms with E-state index in [-0.39, 0.29) is 5.56 Å². The first-order chi connectivity index (χ1) is 10.1. The van der Waals surface area contributed by atoms with Gasteiger partial charge in [-0.1, -0.05) is 12.1 Å². The summed E-state index contributed by atoms with van der Waals surface area (Å²) in [4.78, 5) is 13.9. The second-order valence-corrected chi connectivity index (χ2v) is 5.08. The summed E-state index contributed by atoms with van der Waals surface area (Å²) in [6.07, 6.45) is 1.68. The average Bonchev–Trinajstić information content (AvgIpc) is 2.49. The largest absolute Gasteiger partial charge is 0.497 e. The number of hydrogen-bond acceptors (Lipinski definition) is 4. The molecule has 0 fully saturated rings. The van der Waals surface area contributed by atoms with E-state index < -0.39 is 0 Å². The first-order valence-electron chi connectivity index (χ1n) is 6.86. The van der Waals surface area contributed by atoms with Gasteiger partial charge in [0.2, 0.25) is 0 Å². The van der Waals surface area contributed by atoms with Crippen LogP contribution in [0.3, 0.4) is 0 Å². The zero-order valence-corrected chi connectivity index (χ0v) is 12.5. The van der Waals surface area contributed by atoms with Crippen molar-refractivity contribution in [2.75, 3.05) is 26.4 Å². The molecule has 0 saturated carbocycles. The number of ether oxygens (including phenoxy) is 1. The summed E-state index contributed by atoms with van der Waals surface area (Å²) < 4.78 is 6.78. The Morgan fingerprint density at radius 2 is 1.90 bits per heavy atom. The van der Waals surface area contributed by atoms with Crippen molar-refractivity contribution >= 4 is 5.69 Å². The number of methoxy groups -OCH3 is 1. The highest BCUT2D eigenvalue weighted by atomic mass is 16.5. The van der Waals surface area contributed by atoms with E-state index in [1.54, 1.807) is 23.9 Å². The van der Waals surface area contributed by atoms with E-state index in [4.69, 9.17) is 10.5 Å². The lowest BCUT2D eigenvalue weighted by atomic mass is 10.2. The molecule has 1 aromatic heterocycles. The molecule has 0 unspecified atom stereocenters. The fourth-order valence-electron chi connectivity index (χ4n) is 2.12. The summed E-state index contributed by atoms with van der Waals surface area (Å²) in [5, 5.41) is 0. The number of likely N-dealkylation sites (N-methyl/N-ethyl adjacent to an activating group) is 1. The molecule has 0 saturated heterocycles. The predicted octanol–water partition coefficient (Wildman–Crippen LogP) is 1.57. The number of aromatic nitrogens is 1. The molecular weight excluding hydrogens is 266 g/mol. The van der Waals surface area contributed by atoms with Crippen LogP contribution in [0.5, 0.6) is 5.75 Å². The molecule has 2 N–H and O–H groups in total. The third-order valence-electron chi connectivity index (χ3n) is 3.34. The molecule has 0 atom stereocenters. The smallest absolute Gasteiger partial charge is 0.250 e. The lowest BCUT2D eigenvalue weighted by Crippen LogP contribution is -2.27. The maximum absolute atomic E-state index is 11.7. The second-order valence-electron chi connectivity index (χ2n) is 5.08. The number of rotatable bonds is 6. The van der Waals surface area contributed by atoms with Gasteiger partial charge >= 0.3 is 0 Å². The Bertz CT molecular complexity index is 635. The number of nitrogens with zero attached hydrogens (tertiary/aromatic N) is 2. The first kappa shape index (κ1) is 15.1. The summed E-state index contributed by atoms with van der Waals surface area (Å²) in [6, 6.07) is 11.1. The third-order valence-corrected chi connectivity index (χ3v) is 3.34. The Hall–Kier alpha value is -2.27. The van der Waals surface area contributed by atoms with Crippen LogP contribution < -0.4 is 16.0 Å². The van der Waals surface area contributed by atoms with Crippen LogP contribution in [0.4, 0.5) is 5.69 Å². The molecule has 0 aliphatic carbocycles. The highest BCUT2D eigenvalue weighted by molar-refractivity contribution is 5.33. The first-order valence-corrected chi connectivity index (χ1v) is 6.86. The van der Waals surface area contributed by atoms with E-state index in [0.717, 1.165) is 18.8 Å². The molecule has 0 aliphatic heterocycles. The molecule has 5 heteroatoms. The maximum atomic E-state index is 11.7. The molecule has 112 valence electrons. The Labute approximate surface area is 124 Å². The van der Waals surface area contributed by atoms with Crippen molar-refractivity contribution in [3.05, 3.63) is 58.5 Å². The van der Waals surface area contributed by atoms with E-state index in [0.29, 0.717) is 12.2 Å². The van der Waals surface area contributed by atoms with Gasteiger partial charge in [0.05, 0.1) is 7.11 Å². The molecule has 0 spiro atoms. The Kier molecular flexibility index (Phi) is 5.00. The molecule has 2 rings (SSSR count). The highest BCUT2D eigenvalue weighted by Gasteiger charge is 2.03. The SMILES string of the molecule is COc1ccc(CN(C)CCn2cc(N)ccc2=O)cc1. The van der Waals surface area contributed by atoms with E-state index in [1.165, 1.54) is 11.6 Å². The average molecular weight is 287 g/mol. The molecule has 0 bridgehead atoms. The van der Waals surface area contributed by atoms with Crippen LogP contribution in [-0.4, -0.2) is 30.2 Å². The van der Waals surface area contributed by atoms with Crippen LogP contribution in [0.2, 0.25) is 0 Å². The summed E-state index contributed by atoms with van der Waals surface area (Å²) in [6.45, 7) is 2.22. The fourth-order valence-corrected chi connectivity index (χ4v) is 2.12. The van der Waals surface area contributed by atoms with Crippen molar-refractivity contribution in [3.8, 4) is 5.75 Å². The van der Waals surface area contributed by atoms with Crippen LogP contribution in [0, 0.1) is 0 Å². The molecular formula is C16H21N3O2. The van der Waals surface area contributed by atoms with Gasteiger partial charge in [0.1, 0.15) is 5.75 Å². The number of benzene rings is 1. The molecule has 5 nitrogen and oxygen atoms in total. The van der Waals surface area contributed by atoms with Crippen LogP contribution in [0.1, 0.15) is 5.56 Å². The molecule has 1 aromatic carbocycles. The predicted molar refractivity (Wildman–Crippen MR) is 84.4 cm³/mol. The van der Waals surface area contributed by atoms with E-state index >= 15 is 0 Å². The minimum Gasteiger partial charge on any atom is -0.497 e. The van der Waals surface area contributed by atoms with Crippen LogP contribution in [0.25, 0.3) is 0 Å². The lowest BCUT2D eigenvalue weighted by Gasteiger charge is -2.17. The van der Waals surface area contributed by atoms with Crippen molar-refractivity contribution in [3.63, 3.8) is 0 Å². The molecule has 21 heavy (non-hydrogen) atoms. The highest BCUT2D eigenvalue weighted by Crippen LogP contribution is 2.12. The van der Waals surface area contributed by atoms with Gasteiger partial charge in [-0.05, 0) is 30.8 Å². The minimum absolute atomic E-state index is 0.0259. The number of pyridine rings is 1. The minimum atomic E-state index is -0.0259. The van der Waals surface area contributed by atoms with Gasteiger partial charge in [0.15, 0.2) is 0 Å². The number of nitrogen functional groups attached to an aromatic ring is 1. The fraction of sp³-hybridized carbons (Fsp3) is 0.312. The third kappa shape index (κ3) is 4.36. The van der Waals surface area contributed by atoms with Gasteiger partial charge in [0, 0.05) is 37.6 Å². The summed E-state index contributed by atoms with van der Waals surface area (Å²) >= 11 is 0. The van der Waals surface area contributed by atoms with Crippen molar-refractivity contribution in [1.82, 2.24) is 9.47 Å². The molecule has 0 aliphatic rings. The van der Waals surface area contributed by atoms with Gasteiger partial charge in [-0.3, -0.25) is 4.79 Å². The van der Waals surface area contributed by atoms with Crippen molar-refractivity contribution < 1.29 is 4.74 Å². The lowest BCUT2D eigenvalue weighted by molar-refractivity contribution is 0.309. The van der Waals surface area contributed by atoms with E-state index in [1.807, 2.05) is 31.3 Å². The number of nitrogens with two attached hydrogens (primary N) is 1. The van der Waals surface area contributed by atoms with Crippen molar-refractivity contribution in [2.24, 2.45) is 0 Å². The second kappa shape index (κ2) is 6.95. The monoisotopic (exact) mass is 287 g/mol. The molecule has 0 amide bonds. The Morgan fingerprint density at radius 1 is 1.19 bits per heavy atom. The molecule has 0 radical (unpaired) electrons. The summed E-state index contributed by atoms with van der Waals surface area (Å²) in [5.41, 5.74) is 7.48. The molecule has 1 heterocycles. The number of anilines is 1. The zero-order valence-electron chi connectivity index (χ0n) is 12.5. The van der Waals surface area contributed by atoms with Crippen LogP contribution in [-0.2, 0) is 13.1 Å². The van der Waals surface area contributed by atoms with Gasteiger partial charge in [-0.2, -0.15) is 0 Å².